The molecule has 100 valence electrons. The lowest BCUT2D eigenvalue weighted by atomic mass is 10.2. The molecule has 1 aromatic carbocycles. The molecule has 20 heavy (non-hydrogen) atoms. The van der Waals surface area contributed by atoms with Crippen molar-refractivity contribution < 1.29 is 13.9 Å². The van der Waals surface area contributed by atoms with E-state index in [4.69, 9.17) is 9.15 Å². The van der Waals surface area contributed by atoms with Crippen LogP contribution in [-0.4, -0.2) is 28.4 Å². The quantitative estimate of drug-likeness (QED) is 0.680. The number of methoxy groups -OCH3 is 1. The summed E-state index contributed by atoms with van der Waals surface area (Å²) in [4.78, 5) is 11.1. The zero-order chi connectivity index (χ0) is 13.9. The molecule has 2 aromatic heterocycles. The van der Waals surface area contributed by atoms with Gasteiger partial charge in [-0.2, -0.15) is 0 Å². The average Bonchev–Trinajstić information content (AvgIpc) is 3.15. The van der Waals surface area contributed by atoms with E-state index in [1.54, 1.807) is 30.0 Å². The number of benzene rings is 1. The van der Waals surface area contributed by atoms with Crippen LogP contribution in [0.5, 0.6) is 5.75 Å². The maximum absolute atomic E-state index is 11.1. The lowest BCUT2D eigenvalue weighted by Gasteiger charge is -2.06. The molecule has 6 heteroatoms. The zero-order valence-corrected chi connectivity index (χ0v) is 10.7. The molecule has 0 aliphatic carbocycles. The molecule has 6 nitrogen and oxygen atoms in total. The van der Waals surface area contributed by atoms with E-state index in [9.17, 15) is 4.79 Å². The van der Waals surface area contributed by atoms with Crippen molar-refractivity contribution in [2.24, 2.45) is 0 Å². The van der Waals surface area contributed by atoms with Crippen LogP contribution in [0.1, 0.15) is 10.5 Å². The van der Waals surface area contributed by atoms with Crippen LogP contribution in [0.15, 0.2) is 47.1 Å². The second kappa shape index (κ2) is 5.00. The Morgan fingerprint density at radius 2 is 2.20 bits per heavy atom. The molecule has 0 amide bonds. The fourth-order valence-electron chi connectivity index (χ4n) is 1.94. The minimum absolute atomic E-state index is 0.225. The lowest BCUT2D eigenvalue weighted by Crippen LogP contribution is -2.00. The highest BCUT2D eigenvalue weighted by atomic mass is 16.5. The summed E-state index contributed by atoms with van der Waals surface area (Å²) in [5.74, 6) is 1.22. The summed E-state index contributed by atoms with van der Waals surface area (Å²) < 4.78 is 12.1. The summed E-state index contributed by atoms with van der Waals surface area (Å²) in [5.41, 5.74) is 1.47. The van der Waals surface area contributed by atoms with Crippen LogP contribution in [-0.2, 0) is 0 Å². The van der Waals surface area contributed by atoms with Crippen molar-refractivity contribution in [3.8, 4) is 22.9 Å². The number of aldehydes is 1. The average molecular weight is 269 g/mol. The Labute approximate surface area is 114 Å². The number of carbonyl (C=O) groups excluding carboxylic acids is 1. The number of hydrogen-bond acceptors (Lipinski definition) is 5. The summed E-state index contributed by atoms with van der Waals surface area (Å²) >= 11 is 0. The first-order valence-electron chi connectivity index (χ1n) is 5.92. The van der Waals surface area contributed by atoms with Crippen molar-refractivity contribution >= 4 is 6.29 Å². The van der Waals surface area contributed by atoms with Gasteiger partial charge in [0.1, 0.15) is 11.4 Å². The van der Waals surface area contributed by atoms with Crippen molar-refractivity contribution in [2.75, 3.05) is 7.11 Å². The molecule has 3 aromatic rings. The highest BCUT2D eigenvalue weighted by Crippen LogP contribution is 2.26. The van der Waals surface area contributed by atoms with Gasteiger partial charge in [-0.3, -0.25) is 4.79 Å². The van der Waals surface area contributed by atoms with Crippen molar-refractivity contribution in [2.45, 2.75) is 0 Å². The minimum atomic E-state index is 0.225. The number of ether oxygens (including phenoxy) is 1. The Morgan fingerprint density at radius 1 is 1.30 bits per heavy atom. The number of carbonyl (C=O) groups is 1. The highest BCUT2D eigenvalue weighted by molar-refractivity contribution is 5.82. The molecule has 2 heterocycles. The van der Waals surface area contributed by atoms with Gasteiger partial charge in [-0.25, -0.2) is 4.68 Å². The van der Waals surface area contributed by atoms with Crippen molar-refractivity contribution in [1.29, 1.82) is 0 Å². The standard InChI is InChI=1S/C14H11N3O3/c1-19-11-5-2-4-10(8-11)17-14(12(9-18)15-16-17)13-6-3-7-20-13/h2-9H,1H3. The zero-order valence-electron chi connectivity index (χ0n) is 10.7. The van der Waals surface area contributed by atoms with Gasteiger partial charge in [-0.05, 0) is 24.3 Å². The molecule has 0 aliphatic rings. The SMILES string of the molecule is COc1cccc(-n2nnc(C=O)c2-c2ccco2)c1. The van der Waals surface area contributed by atoms with Crippen LogP contribution < -0.4 is 4.74 Å². The molecule has 0 spiro atoms. The Morgan fingerprint density at radius 3 is 2.90 bits per heavy atom. The molecule has 0 radical (unpaired) electrons. The van der Waals surface area contributed by atoms with Gasteiger partial charge < -0.3 is 9.15 Å². The van der Waals surface area contributed by atoms with Gasteiger partial charge in [-0.15, -0.1) is 5.10 Å². The van der Waals surface area contributed by atoms with Gasteiger partial charge in [-0.1, -0.05) is 11.3 Å². The highest BCUT2D eigenvalue weighted by Gasteiger charge is 2.18. The van der Waals surface area contributed by atoms with Crippen LogP contribution in [0.4, 0.5) is 0 Å². The predicted octanol–water partition coefficient (Wildman–Crippen LogP) is 2.35. The molecule has 0 saturated carbocycles. The Kier molecular flexibility index (Phi) is 3.04. The normalized spacial score (nSPS) is 10.4. The van der Waals surface area contributed by atoms with Crippen LogP contribution in [0.3, 0.4) is 0 Å². The Bertz CT molecular complexity index is 732. The van der Waals surface area contributed by atoms with E-state index in [0.717, 1.165) is 5.69 Å². The number of furan rings is 1. The third-order valence-electron chi connectivity index (χ3n) is 2.86. The summed E-state index contributed by atoms with van der Waals surface area (Å²) in [6, 6.07) is 10.8. The van der Waals surface area contributed by atoms with Crippen molar-refractivity contribution in [3.05, 3.63) is 48.4 Å². The predicted molar refractivity (Wildman–Crippen MR) is 71.0 cm³/mol. The van der Waals surface area contributed by atoms with E-state index >= 15 is 0 Å². The van der Waals surface area contributed by atoms with Crippen LogP contribution in [0.25, 0.3) is 17.1 Å². The number of nitrogens with zero attached hydrogens (tertiary/aromatic N) is 3. The largest absolute Gasteiger partial charge is 0.497 e. The fraction of sp³-hybridized carbons (Fsp3) is 0.0714. The molecule has 3 rings (SSSR count). The molecule has 0 saturated heterocycles. The first-order chi connectivity index (χ1) is 9.83. The Balaban J connectivity index is 2.19. The van der Waals surface area contributed by atoms with Gasteiger partial charge in [0.05, 0.1) is 19.1 Å². The lowest BCUT2D eigenvalue weighted by molar-refractivity contribution is 0.111. The number of rotatable bonds is 4. The van der Waals surface area contributed by atoms with Gasteiger partial charge in [0.25, 0.3) is 0 Å². The van der Waals surface area contributed by atoms with E-state index < -0.39 is 0 Å². The van der Waals surface area contributed by atoms with Crippen LogP contribution in [0.2, 0.25) is 0 Å². The van der Waals surface area contributed by atoms with Crippen molar-refractivity contribution in [1.82, 2.24) is 15.0 Å². The summed E-state index contributed by atoms with van der Waals surface area (Å²) in [6.45, 7) is 0. The van der Waals surface area contributed by atoms with E-state index in [-0.39, 0.29) is 5.69 Å². The number of aromatic nitrogens is 3. The van der Waals surface area contributed by atoms with Crippen LogP contribution >= 0.6 is 0 Å². The monoisotopic (exact) mass is 269 g/mol. The molecule has 0 bridgehead atoms. The summed E-state index contributed by atoms with van der Waals surface area (Å²) in [7, 11) is 1.59. The maximum atomic E-state index is 11.1. The fourth-order valence-corrected chi connectivity index (χ4v) is 1.94. The smallest absolute Gasteiger partial charge is 0.172 e. The third-order valence-corrected chi connectivity index (χ3v) is 2.86. The van der Waals surface area contributed by atoms with Gasteiger partial charge >= 0.3 is 0 Å². The van der Waals surface area contributed by atoms with Crippen LogP contribution in [0, 0.1) is 0 Å². The molecule has 0 atom stereocenters. The van der Waals surface area contributed by atoms with Gasteiger partial charge in [0, 0.05) is 6.07 Å². The Hall–Kier alpha value is -2.89. The first-order valence-corrected chi connectivity index (χ1v) is 5.92. The molecule has 0 N–H and O–H groups in total. The summed E-state index contributed by atoms with van der Waals surface area (Å²) in [5, 5.41) is 7.88. The molecule has 0 fully saturated rings. The maximum Gasteiger partial charge on any atom is 0.172 e. The van der Waals surface area contributed by atoms with Gasteiger partial charge in [0.15, 0.2) is 17.7 Å². The molecule has 0 unspecified atom stereocenters. The molecular formula is C14H11N3O3. The third kappa shape index (κ3) is 1.97. The summed E-state index contributed by atoms with van der Waals surface area (Å²) in [6.07, 6.45) is 2.19. The second-order valence-corrected chi connectivity index (χ2v) is 4.03. The minimum Gasteiger partial charge on any atom is -0.497 e. The number of hydrogen-bond donors (Lipinski definition) is 0. The van der Waals surface area contributed by atoms with Gasteiger partial charge in [0.2, 0.25) is 0 Å². The van der Waals surface area contributed by atoms with E-state index in [0.29, 0.717) is 23.5 Å². The first kappa shape index (κ1) is 12.2. The van der Waals surface area contributed by atoms with E-state index in [2.05, 4.69) is 10.3 Å². The van der Waals surface area contributed by atoms with Crippen molar-refractivity contribution in [3.63, 3.8) is 0 Å². The van der Waals surface area contributed by atoms with E-state index in [1.807, 2.05) is 18.2 Å². The molecule has 0 aliphatic heterocycles. The topological polar surface area (TPSA) is 70.2 Å². The molecular weight excluding hydrogens is 258 g/mol. The van der Waals surface area contributed by atoms with E-state index in [1.165, 1.54) is 6.26 Å². The second-order valence-electron chi connectivity index (χ2n) is 4.03.